The largest absolute Gasteiger partial charge is 0.496 e. The molecule has 3 aromatic rings. The van der Waals surface area contributed by atoms with Crippen molar-refractivity contribution in [3.05, 3.63) is 95.0 Å². The third-order valence-electron chi connectivity index (χ3n) is 4.78. The molecule has 0 fully saturated rings. The monoisotopic (exact) mass is 456 g/mol. The van der Waals surface area contributed by atoms with Crippen LogP contribution in [0.5, 0.6) is 5.75 Å². The lowest BCUT2D eigenvalue weighted by atomic mass is 10.2. The van der Waals surface area contributed by atoms with Crippen LogP contribution in [-0.2, 0) is 20.7 Å². The number of ether oxygens (including phenoxy) is 2. The minimum absolute atomic E-state index is 0.0523. The van der Waals surface area contributed by atoms with Gasteiger partial charge in [0.1, 0.15) is 12.4 Å². The first-order valence-corrected chi connectivity index (χ1v) is 11.9. The summed E-state index contributed by atoms with van der Waals surface area (Å²) >= 11 is 6.26. The van der Waals surface area contributed by atoms with E-state index in [1.54, 1.807) is 48.5 Å². The molecule has 31 heavy (non-hydrogen) atoms. The average molecular weight is 457 g/mol. The van der Waals surface area contributed by atoms with Crippen molar-refractivity contribution in [2.75, 3.05) is 13.3 Å². The highest BCUT2D eigenvalue weighted by molar-refractivity contribution is 7.87. The number of esters is 1. The predicted octanol–water partition coefficient (Wildman–Crippen LogP) is 5.31. The zero-order chi connectivity index (χ0) is 22.3. The number of carbonyl (C=O) groups is 2. The van der Waals surface area contributed by atoms with Gasteiger partial charge >= 0.3 is 5.97 Å². The van der Waals surface area contributed by atoms with Crippen molar-refractivity contribution in [3.63, 3.8) is 0 Å². The molecular weight excluding hydrogens is 435 g/mol. The summed E-state index contributed by atoms with van der Waals surface area (Å²) in [5, 5.41) is 0.505. The Labute approximate surface area is 186 Å². The van der Waals surface area contributed by atoms with Crippen molar-refractivity contribution in [1.29, 1.82) is 0 Å². The van der Waals surface area contributed by atoms with E-state index in [1.807, 2.05) is 30.3 Å². The van der Waals surface area contributed by atoms with Gasteiger partial charge in [0.15, 0.2) is 7.14 Å². The van der Waals surface area contributed by atoms with E-state index in [0.717, 1.165) is 5.56 Å². The SMILES string of the molecule is COc1cccc(Cl)c1C(=O)P(=O)(CCC(=O)OCc1ccccc1)c1ccccc1. The van der Waals surface area contributed by atoms with Gasteiger partial charge in [-0.05, 0) is 17.7 Å². The number of hydrogen-bond donors (Lipinski definition) is 0. The molecule has 3 aromatic carbocycles. The van der Waals surface area contributed by atoms with E-state index in [9.17, 15) is 14.2 Å². The molecular formula is C24H22ClO5P. The Bertz CT molecular complexity index is 1100. The van der Waals surface area contributed by atoms with E-state index < -0.39 is 18.6 Å². The molecule has 1 atom stereocenters. The summed E-state index contributed by atoms with van der Waals surface area (Å²) in [4.78, 5) is 25.8. The molecule has 0 spiro atoms. The molecule has 0 saturated carbocycles. The lowest BCUT2D eigenvalue weighted by Crippen LogP contribution is -2.19. The summed E-state index contributed by atoms with van der Waals surface area (Å²) < 4.78 is 24.6. The summed E-state index contributed by atoms with van der Waals surface area (Å²) in [6, 6.07) is 22.4. The van der Waals surface area contributed by atoms with Gasteiger partial charge in [-0.15, -0.1) is 0 Å². The van der Waals surface area contributed by atoms with E-state index in [2.05, 4.69) is 0 Å². The van der Waals surface area contributed by atoms with Crippen LogP contribution in [0.3, 0.4) is 0 Å². The van der Waals surface area contributed by atoms with Crippen LogP contribution in [-0.4, -0.2) is 24.8 Å². The lowest BCUT2D eigenvalue weighted by Gasteiger charge is -2.19. The van der Waals surface area contributed by atoms with Crippen LogP contribution >= 0.6 is 18.7 Å². The summed E-state index contributed by atoms with van der Waals surface area (Å²) in [7, 11) is -2.29. The Morgan fingerprint density at radius 1 is 0.903 bits per heavy atom. The zero-order valence-electron chi connectivity index (χ0n) is 17.0. The number of rotatable bonds is 9. The smallest absolute Gasteiger partial charge is 0.306 e. The van der Waals surface area contributed by atoms with Crippen molar-refractivity contribution in [1.82, 2.24) is 0 Å². The van der Waals surface area contributed by atoms with Crippen molar-refractivity contribution < 1.29 is 23.6 Å². The second kappa shape index (κ2) is 10.4. The number of halogens is 1. The normalized spacial score (nSPS) is 12.6. The van der Waals surface area contributed by atoms with Crippen LogP contribution in [0.1, 0.15) is 22.3 Å². The fourth-order valence-electron chi connectivity index (χ4n) is 3.14. The third-order valence-corrected chi connectivity index (χ3v) is 7.96. The third kappa shape index (κ3) is 5.43. The molecule has 160 valence electrons. The summed E-state index contributed by atoms with van der Waals surface area (Å²) in [5.41, 5.74) is 0.257. The van der Waals surface area contributed by atoms with Crippen LogP contribution < -0.4 is 10.0 Å². The number of methoxy groups -OCH3 is 1. The van der Waals surface area contributed by atoms with E-state index in [4.69, 9.17) is 21.1 Å². The highest BCUT2D eigenvalue weighted by atomic mass is 35.5. The molecule has 0 saturated heterocycles. The van der Waals surface area contributed by atoms with E-state index in [-0.39, 0.29) is 35.5 Å². The van der Waals surface area contributed by atoms with Crippen molar-refractivity contribution in [2.24, 2.45) is 0 Å². The molecule has 0 aromatic heterocycles. The predicted molar refractivity (Wildman–Crippen MR) is 122 cm³/mol. The highest BCUT2D eigenvalue weighted by Crippen LogP contribution is 2.51. The molecule has 0 heterocycles. The first kappa shape index (κ1) is 22.8. The zero-order valence-corrected chi connectivity index (χ0v) is 18.6. The van der Waals surface area contributed by atoms with Crippen LogP contribution in [0.4, 0.5) is 0 Å². The average Bonchev–Trinajstić information content (AvgIpc) is 2.81. The van der Waals surface area contributed by atoms with Gasteiger partial charge < -0.3 is 14.0 Å². The molecule has 7 heteroatoms. The Kier molecular flexibility index (Phi) is 7.67. The Morgan fingerprint density at radius 2 is 1.55 bits per heavy atom. The van der Waals surface area contributed by atoms with Crippen molar-refractivity contribution >= 4 is 35.5 Å². The summed E-state index contributed by atoms with van der Waals surface area (Å²) in [6.07, 6.45) is -0.338. The van der Waals surface area contributed by atoms with Crippen molar-refractivity contribution in [3.8, 4) is 5.75 Å². The van der Waals surface area contributed by atoms with Gasteiger partial charge in [0, 0.05) is 11.5 Å². The Hall–Kier alpha value is -2.88. The highest BCUT2D eigenvalue weighted by Gasteiger charge is 2.37. The van der Waals surface area contributed by atoms with Gasteiger partial charge in [-0.3, -0.25) is 9.59 Å². The molecule has 0 aliphatic heterocycles. The fraction of sp³-hybridized carbons (Fsp3) is 0.167. The van der Waals surface area contributed by atoms with Gasteiger partial charge in [0.2, 0.25) is 5.52 Å². The maximum atomic E-state index is 14.0. The topological polar surface area (TPSA) is 69.7 Å². The van der Waals surface area contributed by atoms with Crippen LogP contribution in [0, 0.1) is 0 Å². The lowest BCUT2D eigenvalue weighted by molar-refractivity contribution is -0.144. The Morgan fingerprint density at radius 3 is 2.19 bits per heavy atom. The second-order valence-corrected chi connectivity index (χ2v) is 10.1. The first-order valence-electron chi connectivity index (χ1n) is 9.67. The van der Waals surface area contributed by atoms with Crippen LogP contribution in [0.15, 0.2) is 78.9 Å². The molecule has 0 radical (unpaired) electrons. The quantitative estimate of drug-likeness (QED) is 0.322. The molecule has 0 N–H and O–H groups in total. The minimum Gasteiger partial charge on any atom is -0.496 e. The molecule has 0 aliphatic carbocycles. The van der Waals surface area contributed by atoms with Gasteiger partial charge in [-0.2, -0.15) is 0 Å². The first-order chi connectivity index (χ1) is 15.0. The number of hydrogen-bond acceptors (Lipinski definition) is 5. The standard InChI is InChI=1S/C24H22ClO5P/c1-29-21-14-8-13-20(25)23(21)24(27)31(28,19-11-6-3-7-12-19)16-15-22(26)30-17-18-9-4-2-5-10-18/h2-14H,15-17H2,1H3. The Balaban J connectivity index is 1.84. The summed E-state index contributed by atoms with van der Waals surface area (Å²) in [6.45, 7) is 0.113. The minimum atomic E-state index is -3.71. The van der Waals surface area contributed by atoms with E-state index in [0.29, 0.717) is 5.30 Å². The van der Waals surface area contributed by atoms with Crippen LogP contribution in [0.2, 0.25) is 5.02 Å². The second-order valence-electron chi connectivity index (χ2n) is 6.82. The maximum Gasteiger partial charge on any atom is 0.306 e. The van der Waals surface area contributed by atoms with Crippen molar-refractivity contribution in [2.45, 2.75) is 13.0 Å². The molecule has 0 aliphatic rings. The molecule has 0 bridgehead atoms. The van der Waals surface area contributed by atoms with Gasteiger partial charge in [0.25, 0.3) is 0 Å². The van der Waals surface area contributed by atoms with Gasteiger partial charge in [-0.25, -0.2) is 0 Å². The van der Waals surface area contributed by atoms with E-state index >= 15 is 0 Å². The van der Waals surface area contributed by atoms with Crippen LogP contribution in [0.25, 0.3) is 0 Å². The van der Waals surface area contributed by atoms with Gasteiger partial charge in [-0.1, -0.05) is 78.3 Å². The fourth-order valence-corrected chi connectivity index (χ4v) is 5.89. The maximum absolute atomic E-state index is 14.0. The summed E-state index contributed by atoms with van der Waals surface area (Å²) in [5.74, 6) is -0.292. The molecule has 3 rings (SSSR count). The number of carbonyl (C=O) groups excluding carboxylic acids is 2. The van der Waals surface area contributed by atoms with E-state index in [1.165, 1.54) is 7.11 Å². The number of benzene rings is 3. The molecule has 1 unspecified atom stereocenters. The van der Waals surface area contributed by atoms with Gasteiger partial charge in [0.05, 0.1) is 24.1 Å². The molecule has 5 nitrogen and oxygen atoms in total. The molecule has 0 amide bonds.